The third kappa shape index (κ3) is 5.20. The molecule has 3 rings (SSSR count). The predicted molar refractivity (Wildman–Crippen MR) is 125 cm³/mol. The topological polar surface area (TPSA) is 98.3 Å². The molecule has 0 aromatic heterocycles. The Morgan fingerprint density at radius 1 is 1.16 bits per heavy atom. The number of nitrogens with one attached hydrogen (secondary N) is 2. The summed E-state index contributed by atoms with van der Waals surface area (Å²) in [7, 11) is 1.53. The number of carbonyl (C=O) groups excluding carboxylic acids is 1. The minimum Gasteiger partial charge on any atom is -0.497 e. The molecule has 160 valence electrons. The first-order valence-electron chi connectivity index (χ1n) is 9.48. The van der Waals surface area contributed by atoms with Crippen molar-refractivity contribution in [1.29, 1.82) is 10.7 Å². The largest absolute Gasteiger partial charge is 0.497 e. The molecule has 0 heterocycles. The fourth-order valence-corrected chi connectivity index (χ4v) is 3.30. The van der Waals surface area contributed by atoms with Crippen molar-refractivity contribution in [1.82, 2.24) is 0 Å². The van der Waals surface area contributed by atoms with E-state index in [1.54, 1.807) is 42.5 Å². The van der Waals surface area contributed by atoms with E-state index >= 15 is 0 Å². The number of rotatable bonds is 8. The summed E-state index contributed by atoms with van der Waals surface area (Å²) < 4.78 is 22.5. The van der Waals surface area contributed by atoms with Crippen molar-refractivity contribution in [3.63, 3.8) is 0 Å². The Kier molecular flexibility index (Phi) is 7.37. The number of hydrogen-bond acceptors (Lipinski definition) is 7. The second kappa shape index (κ2) is 10.4. The van der Waals surface area contributed by atoms with Crippen molar-refractivity contribution in [3.8, 4) is 11.8 Å². The molecule has 6 nitrogen and oxygen atoms in total. The quantitative estimate of drug-likeness (QED) is 0.342. The van der Waals surface area contributed by atoms with Crippen LogP contribution in [0.1, 0.15) is 22.7 Å². The molecule has 2 N–H and O–H groups in total. The van der Waals surface area contributed by atoms with Crippen molar-refractivity contribution >= 4 is 35.7 Å². The second-order valence-corrected chi connectivity index (χ2v) is 6.94. The monoisotopic (exact) mass is 446 g/mol. The second-order valence-electron chi connectivity index (χ2n) is 6.74. The summed E-state index contributed by atoms with van der Waals surface area (Å²) in [4.78, 5) is 13.4. The number of ketones is 1. The van der Waals surface area contributed by atoms with Crippen molar-refractivity contribution in [3.05, 3.63) is 95.3 Å². The van der Waals surface area contributed by atoms with Gasteiger partial charge in [0.15, 0.2) is 0 Å². The number of carbonyl (C=O) groups is 1. The standard InChI is InChI=1S/C24H19FN4O2S/c1-31-20-7-3-6-19(13-20)28-23(16-8-10-18(25)11-9-16)24(30)21(27)22(29-32)17-5-2-4-15(12-17)14-26/h2-13,23,27-28,32H,1H3/b27-21?,29-22-. The summed E-state index contributed by atoms with van der Waals surface area (Å²) in [6.45, 7) is 0. The van der Waals surface area contributed by atoms with Crippen LogP contribution in [-0.4, -0.2) is 24.3 Å². The highest BCUT2D eigenvalue weighted by molar-refractivity contribution is 7.79. The number of Topliss-reactive ketones (excluding diaryl/α,β-unsaturated/α-hetero) is 1. The van der Waals surface area contributed by atoms with Crippen molar-refractivity contribution in [2.75, 3.05) is 12.4 Å². The van der Waals surface area contributed by atoms with E-state index in [9.17, 15) is 9.18 Å². The van der Waals surface area contributed by atoms with E-state index in [1.165, 1.54) is 37.4 Å². The van der Waals surface area contributed by atoms with Crippen LogP contribution in [0, 0.1) is 22.6 Å². The first kappa shape index (κ1) is 22.7. The van der Waals surface area contributed by atoms with Crippen molar-refractivity contribution in [2.24, 2.45) is 4.40 Å². The van der Waals surface area contributed by atoms with Gasteiger partial charge in [0, 0.05) is 17.3 Å². The Hall–Kier alpha value is -3.96. The van der Waals surface area contributed by atoms with E-state index in [0.29, 0.717) is 28.1 Å². The highest BCUT2D eigenvalue weighted by Gasteiger charge is 2.28. The maximum absolute atomic E-state index is 13.5. The molecule has 0 spiro atoms. The maximum atomic E-state index is 13.5. The van der Waals surface area contributed by atoms with Gasteiger partial charge in [-0.3, -0.25) is 10.2 Å². The Morgan fingerprint density at radius 2 is 1.88 bits per heavy atom. The van der Waals surface area contributed by atoms with Gasteiger partial charge in [0.25, 0.3) is 0 Å². The van der Waals surface area contributed by atoms with Gasteiger partial charge in [-0.25, -0.2) is 8.79 Å². The Morgan fingerprint density at radius 3 is 2.53 bits per heavy atom. The molecule has 0 fully saturated rings. The molecule has 0 aliphatic carbocycles. The van der Waals surface area contributed by atoms with E-state index < -0.39 is 23.4 Å². The van der Waals surface area contributed by atoms with Crippen molar-refractivity contribution < 1.29 is 13.9 Å². The van der Waals surface area contributed by atoms with E-state index in [0.717, 1.165) is 0 Å². The van der Waals surface area contributed by atoms with Crippen LogP contribution >= 0.6 is 12.8 Å². The molecule has 1 unspecified atom stereocenters. The number of thiol groups is 1. The third-order valence-electron chi connectivity index (χ3n) is 4.69. The molecule has 0 saturated heterocycles. The highest BCUT2D eigenvalue weighted by Crippen LogP contribution is 2.25. The molecule has 3 aromatic rings. The van der Waals surface area contributed by atoms with Crippen LogP contribution in [0.3, 0.4) is 0 Å². The fraction of sp³-hybridized carbons (Fsp3) is 0.0833. The molecule has 0 radical (unpaired) electrons. The normalized spacial score (nSPS) is 11.9. The number of hydrogen-bond donors (Lipinski definition) is 3. The van der Waals surface area contributed by atoms with Gasteiger partial charge in [0.1, 0.15) is 29.0 Å². The molecule has 0 aliphatic rings. The van der Waals surface area contributed by atoms with E-state index in [1.807, 2.05) is 6.07 Å². The molecular weight excluding hydrogens is 427 g/mol. The van der Waals surface area contributed by atoms with Crippen LogP contribution in [-0.2, 0) is 4.79 Å². The van der Waals surface area contributed by atoms with E-state index in [-0.39, 0.29) is 5.71 Å². The molecule has 0 bridgehead atoms. The molecular formula is C24H19FN4O2S. The first-order chi connectivity index (χ1) is 15.5. The van der Waals surface area contributed by atoms with Crippen LogP contribution < -0.4 is 10.1 Å². The smallest absolute Gasteiger partial charge is 0.209 e. The van der Waals surface area contributed by atoms with Gasteiger partial charge >= 0.3 is 0 Å². The number of ether oxygens (including phenoxy) is 1. The Labute approximate surface area is 190 Å². The van der Waals surface area contributed by atoms with Crippen molar-refractivity contribution in [2.45, 2.75) is 6.04 Å². The summed E-state index contributed by atoms with van der Waals surface area (Å²) in [6.07, 6.45) is 0. The van der Waals surface area contributed by atoms with Crippen LogP contribution in [0.25, 0.3) is 0 Å². The maximum Gasteiger partial charge on any atom is 0.209 e. The lowest BCUT2D eigenvalue weighted by molar-refractivity contribution is -0.113. The number of anilines is 1. The van der Waals surface area contributed by atoms with E-state index in [2.05, 4.69) is 22.5 Å². The van der Waals surface area contributed by atoms with Gasteiger partial charge in [-0.05, 0) is 54.8 Å². The zero-order valence-electron chi connectivity index (χ0n) is 17.0. The van der Waals surface area contributed by atoms with Gasteiger partial charge in [0.05, 0.1) is 18.7 Å². The lowest BCUT2D eigenvalue weighted by Gasteiger charge is -2.20. The van der Waals surface area contributed by atoms with Crippen LogP contribution in [0.2, 0.25) is 0 Å². The van der Waals surface area contributed by atoms with Crippen LogP contribution in [0.15, 0.2) is 77.2 Å². The fourth-order valence-electron chi connectivity index (χ4n) is 3.08. The third-order valence-corrected chi connectivity index (χ3v) is 4.89. The summed E-state index contributed by atoms with van der Waals surface area (Å²) in [6, 6.07) is 19.8. The Balaban J connectivity index is 1.98. The lowest BCUT2D eigenvalue weighted by Crippen LogP contribution is -2.32. The number of halogens is 1. The predicted octanol–water partition coefficient (Wildman–Crippen LogP) is 4.78. The van der Waals surface area contributed by atoms with Gasteiger partial charge in [-0.1, -0.05) is 30.3 Å². The first-order valence-corrected chi connectivity index (χ1v) is 9.88. The summed E-state index contributed by atoms with van der Waals surface area (Å²) in [5.74, 6) is -0.460. The summed E-state index contributed by atoms with van der Waals surface area (Å²) in [5.41, 5.74) is 1.44. The van der Waals surface area contributed by atoms with Gasteiger partial charge in [0.2, 0.25) is 5.78 Å². The van der Waals surface area contributed by atoms with Gasteiger partial charge in [-0.15, -0.1) is 0 Å². The SMILES string of the molecule is COc1cccc(NC(C(=O)C(=N)/C(=N\S)c2cccc(C#N)c2)c2ccc(F)cc2)c1. The zero-order valence-corrected chi connectivity index (χ0v) is 17.9. The number of benzene rings is 3. The molecule has 1 atom stereocenters. The average Bonchev–Trinajstić information content (AvgIpc) is 2.83. The average molecular weight is 447 g/mol. The molecule has 3 aromatic carbocycles. The highest BCUT2D eigenvalue weighted by atomic mass is 32.1. The number of nitrogens with zero attached hydrogens (tertiary/aromatic N) is 2. The number of methoxy groups -OCH3 is 1. The number of nitriles is 1. The molecule has 0 amide bonds. The summed E-state index contributed by atoms with van der Waals surface area (Å²) in [5, 5.41) is 20.8. The minimum atomic E-state index is -1.00. The zero-order chi connectivity index (χ0) is 23.1. The molecule has 8 heteroatoms. The summed E-state index contributed by atoms with van der Waals surface area (Å²) >= 11 is 3.94. The lowest BCUT2D eigenvalue weighted by atomic mass is 9.94. The molecule has 32 heavy (non-hydrogen) atoms. The van der Waals surface area contributed by atoms with Crippen LogP contribution in [0.5, 0.6) is 5.75 Å². The molecule has 0 saturated carbocycles. The Bertz CT molecular complexity index is 1220. The van der Waals surface area contributed by atoms with E-state index in [4.69, 9.17) is 15.4 Å². The minimum absolute atomic E-state index is 0.0231. The van der Waals surface area contributed by atoms with Crippen LogP contribution in [0.4, 0.5) is 10.1 Å². The van der Waals surface area contributed by atoms with Gasteiger partial charge < -0.3 is 10.1 Å². The van der Waals surface area contributed by atoms with Gasteiger partial charge in [-0.2, -0.15) is 5.26 Å². The molecule has 0 aliphatic heterocycles.